The molecule has 1 saturated carbocycles. The van der Waals surface area contributed by atoms with E-state index in [0.717, 1.165) is 6.04 Å². The molecule has 1 aliphatic carbocycles. The molecule has 0 atom stereocenters. The number of hydrogen-bond acceptors (Lipinski definition) is 2. The van der Waals surface area contributed by atoms with Crippen LogP contribution >= 0.6 is 24.8 Å². The first-order valence-electron chi connectivity index (χ1n) is 7.41. The van der Waals surface area contributed by atoms with Gasteiger partial charge in [-0.3, -0.25) is 0 Å². The van der Waals surface area contributed by atoms with Crippen LogP contribution in [0.4, 0.5) is 0 Å². The Kier molecular flexibility index (Phi) is 11.7. The molecule has 1 heterocycles. The lowest BCUT2D eigenvalue weighted by atomic mass is 9.97. The van der Waals surface area contributed by atoms with Gasteiger partial charge in [0, 0.05) is 19.1 Å². The molecule has 1 N–H and O–H groups in total. The topological polar surface area (TPSA) is 15.3 Å². The molecule has 0 aromatic carbocycles. The average Bonchev–Trinajstić information content (AvgIpc) is 2.73. The van der Waals surface area contributed by atoms with Crippen molar-refractivity contribution in [3.8, 4) is 0 Å². The van der Waals surface area contributed by atoms with E-state index in [1.54, 1.807) is 0 Å². The summed E-state index contributed by atoms with van der Waals surface area (Å²) < 4.78 is 0. The lowest BCUT2D eigenvalue weighted by Gasteiger charge is -2.22. The quantitative estimate of drug-likeness (QED) is 0.852. The van der Waals surface area contributed by atoms with Gasteiger partial charge >= 0.3 is 0 Å². The van der Waals surface area contributed by atoms with Gasteiger partial charge in [0.25, 0.3) is 0 Å². The molecule has 0 unspecified atom stereocenters. The molecule has 2 fully saturated rings. The number of likely N-dealkylation sites (tertiary alicyclic amines) is 1. The minimum absolute atomic E-state index is 0. The fourth-order valence-electron chi connectivity index (χ4n) is 3.09. The average molecular weight is 297 g/mol. The Balaban J connectivity index is 0.00000144. The first kappa shape index (κ1) is 18.5. The normalized spacial score (nSPS) is 22.7. The predicted octanol–water partition coefficient (Wildman–Crippen LogP) is 3.63. The first-order valence-corrected chi connectivity index (χ1v) is 7.41. The largest absolute Gasteiger partial charge is 0.313 e. The van der Waals surface area contributed by atoms with Crippen molar-refractivity contribution in [1.82, 2.24) is 10.2 Å². The number of halogens is 2. The van der Waals surface area contributed by atoms with Crippen LogP contribution in [0, 0.1) is 0 Å². The van der Waals surface area contributed by atoms with E-state index in [4.69, 9.17) is 0 Å². The maximum atomic E-state index is 3.77. The Morgan fingerprint density at radius 1 is 0.778 bits per heavy atom. The highest BCUT2D eigenvalue weighted by atomic mass is 35.5. The lowest BCUT2D eigenvalue weighted by Crippen LogP contribution is -2.36. The molecule has 2 aliphatic rings. The van der Waals surface area contributed by atoms with Gasteiger partial charge in [-0.1, -0.05) is 32.1 Å². The van der Waals surface area contributed by atoms with Crippen molar-refractivity contribution in [3.05, 3.63) is 0 Å². The molecule has 18 heavy (non-hydrogen) atoms. The third kappa shape index (κ3) is 7.18. The molecular formula is C14H30Cl2N2. The highest BCUT2D eigenvalue weighted by Crippen LogP contribution is 2.17. The molecular weight excluding hydrogens is 267 g/mol. The number of rotatable bonds is 4. The predicted molar refractivity (Wildman–Crippen MR) is 84.3 cm³/mol. The van der Waals surface area contributed by atoms with Crippen molar-refractivity contribution in [1.29, 1.82) is 0 Å². The summed E-state index contributed by atoms with van der Waals surface area (Å²) in [5, 5.41) is 3.77. The van der Waals surface area contributed by atoms with Crippen LogP contribution in [0.2, 0.25) is 0 Å². The van der Waals surface area contributed by atoms with E-state index in [1.165, 1.54) is 84.0 Å². The van der Waals surface area contributed by atoms with Crippen molar-refractivity contribution in [2.45, 2.75) is 63.8 Å². The van der Waals surface area contributed by atoms with Crippen molar-refractivity contribution in [2.75, 3.05) is 26.2 Å². The summed E-state index contributed by atoms with van der Waals surface area (Å²) in [5.41, 5.74) is 0. The summed E-state index contributed by atoms with van der Waals surface area (Å²) in [6, 6.07) is 0.822. The summed E-state index contributed by atoms with van der Waals surface area (Å²) in [6.07, 6.45) is 13.0. The lowest BCUT2D eigenvalue weighted by molar-refractivity contribution is 0.313. The monoisotopic (exact) mass is 296 g/mol. The van der Waals surface area contributed by atoms with Crippen LogP contribution in [-0.4, -0.2) is 37.1 Å². The molecule has 2 nitrogen and oxygen atoms in total. The van der Waals surface area contributed by atoms with Crippen molar-refractivity contribution in [2.24, 2.45) is 0 Å². The van der Waals surface area contributed by atoms with Crippen LogP contribution in [0.15, 0.2) is 0 Å². The second-order valence-corrected chi connectivity index (χ2v) is 5.54. The first-order chi connectivity index (χ1) is 7.95. The van der Waals surface area contributed by atoms with Gasteiger partial charge in [0.2, 0.25) is 0 Å². The summed E-state index contributed by atoms with van der Waals surface area (Å²) >= 11 is 0. The second-order valence-electron chi connectivity index (χ2n) is 5.54. The fraction of sp³-hybridized carbons (Fsp3) is 1.00. The second kappa shape index (κ2) is 11.3. The molecule has 0 bridgehead atoms. The Hall–Kier alpha value is 0.500. The van der Waals surface area contributed by atoms with E-state index in [-0.39, 0.29) is 24.8 Å². The van der Waals surface area contributed by atoms with E-state index in [0.29, 0.717) is 0 Å². The molecule has 110 valence electrons. The molecule has 0 amide bonds. The smallest absolute Gasteiger partial charge is 0.0107 e. The number of hydrogen-bond donors (Lipinski definition) is 1. The maximum Gasteiger partial charge on any atom is 0.0107 e. The van der Waals surface area contributed by atoms with Gasteiger partial charge in [-0.05, 0) is 38.8 Å². The molecule has 2 rings (SSSR count). The van der Waals surface area contributed by atoms with Crippen LogP contribution < -0.4 is 5.32 Å². The molecule has 0 aromatic heterocycles. The Bertz CT molecular complexity index is 177. The highest BCUT2D eigenvalue weighted by Gasteiger charge is 2.13. The third-order valence-corrected chi connectivity index (χ3v) is 4.16. The van der Waals surface area contributed by atoms with Crippen molar-refractivity contribution >= 4 is 24.8 Å². The van der Waals surface area contributed by atoms with Gasteiger partial charge in [-0.25, -0.2) is 0 Å². The van der Waals surface area contributed by atoms with Gasteiger partial charge in [-0.15, -0.1) is 24.8 Å². The van der Waals surface area contributed by atoms with Crippen LogP contribution in [0.5, 0.6) is 0 Å². The summed E-state index contributed by atoms with van der Waals surface area (Å²) in [7, 11) is 0. The summed E-state index contributed by atoms with van der Waals surface area (Å²) in [5.74, 6) is 0. The summed E-state index contributed by atoms with van der Waals surface area (Å²) in [6.45, 7) is 5.17. The van der Waals surface area contributed by atoms with Gasteiger partial charge < -0.3 is 10.2 Å². The maximum absolute atomic E-state index is 3.77. The van der Waals surface area contributed by atoms with Gasteiger partial charge in [0.1, 0.15) is 0 Å². The Labute approximate surface area is 125 Å². The van der Waals surface area contributed by atoms with E-state index in [2.05, 4.69) is 10.2 Å². The van der Waals surface area contributed by atoms with Gasteiger partial charge in [-0.2, -0.15) is 0 Å². The molecule has 1 saturated heterocycles. The Morgan fingerprint density at radius 3 is 1.94 bits per heavy atom. The van der Waals surface area contributed by atoms with E-state index in [1.807, 2.05) is 0 Å². The van der Waals surface area contributed by atoms with E-state index >= 15 is 0 Å². The number of nitrogens with one attached hydrogen (secondary N) is 1. The SMILES string of the molecule is C1CCCC(NCCN2CCCC2)CCC1.Cl.Cl. The Morgan fingerprint density at radius 2 is 1.33 bits per heavy atom. The minimum atomic E-state index is 0. The zero-order valence-electron chi connectivity index (χ0n) is 11.5. The van der Waals surface area contributed by atoms with E-state index in [9.17, 15) is 0 Å². The van der Waals surface area contributed by atoms with Gasteiger partial charge in [0.15, 0.2) is 0 Å². The zero-order chi connectivity index (χ0) is 11.1. The molecule has 4 heteroatoms. The minimum Gasteiger partial charge on any atom is -0.313 e. The molecule has 0 aromatic rings. The van der Waals surface area contributed by atoms with Crippen LogP contribution in [-0.2, 0) is 0 Å². The van der Waals surface area contributed by atoms with Crippen LogP contribution in [0.3, 0.4) is 0 Å². The molecule has 0 spiro atoms. The molecule has 1 aliphatic heterocycles. The zero-order valence-corrected chi connectivity index (χ0v) is 13.2. The third-order valence-electron chi connectivity index (χ3n) is 4.16. The van der Waals surface area contributed by atoms with Crippen molar-refractivity contribution < 1.29 is 0 Å². The fourth-order valence-corrected chi connectivity index (χ4v) is 3.09. The standard InChI is InChI=1S/C14H28N2.2ClH/c1-2-4-8-14(9-5-3-1)15-10-13-16-11-6-7-12-16;;/h14-15H,1-13H2;2*1H. The highest BCUT2D eigenvalue weighted by molar-refractivity contribution is 5.85. The molecule has 0 radical (unpaired) electrons. The van der Waals surface area contributed by atoms with Crippen LogP contribution in [0.1, 0.15) is 57.8 Å². The van der Waals surface area contributed by atoms with Gasteiger partial charge in [0.05, 0.1) is 0 Å². The number of nitrogens with zero attached hydrogens (tertiary/aromatic N) is 1. The van der Waals surface area contributed by atoms with Crippen LogP contribution in [0.25, 0.3) is 0 Å². The summed E-state index contributed by atoms with van der Waals surface area (Å²) in [4.78, 5) is 2.61. The van der Waals surface area contributed by atoms with Crippen molar-refractivity contribution in [3.63, 3.8) is 0 Å². The van der Waals surface area contributed by atoms with E-state index < -0.39 is 0 Å².